The zero-order chi connectivity index (χ0) is 57.0. The predicted octanol–water partition coefficient (Wildman–Crippen LogP) is -6.00. The Balaban J connectivity index is -0.000000185. The van der Waals surface area contributed by atoms with Crippen LogP contribution in [-0.2, 0) is 117 Å². The Morgan fingerprint density at radius 1 is 0.183 bits per heavy atom. The number of rotatable bonds is 30. The van der Waals surface area contributed by atoms with Crippen molar-refractivity contribution in [1.29, 1.82) is 0 Å². The van der Waals surface area contributed by atoms with Crippen molar-refractivity contribution >= 4 is 0 Å². The summed E-state index contributed by atoms with van der Waals surface area (Å²) in [5.74, 6) is -19.4. The number of hydrogen-bond acceptors (Lipinski definition) is 30. The van der Waals surface area contributed by atoms with E-state index in [1.165, 1.54) is 167 Å². The molecule has 0 rings (SSSR count). The van der Waals surface area contributed by atoms with Gasteiger partial charge in [-0.1, -0.05) is 0 Å². The Bertz CT molecular complexity index is 1010. The van der Waals surface area contributed by atoms with Gasteiger partial charge in [0.05, 0.1) is 0 Å². The molecular weight excluding hydrogens is 1130 g/mol. The molecule has 0 aromatic carbocycles. The van der Waals surface area contributed by atoms with E-state index in [9.17, 15) is 25.5 Å². The Labute approximate surface area is 438 Å². The average Bonchev–Trinajstić information content (AvgIpc) is 3.37. The first-order chi connectivity index (χ1) is 32.2. The summed E-state index contributed by atoms with van der Waals surface area (Å²) in [5.41, 5.74) is 0. The summed E-state index contributed by atoms with van der Waals surface area (Å²) < 4.78 is 98.1. The van der Waals surface area contributed by atoms with Crippen molar-refractivity contribution in [3.05, 3.63) is 0 Å². The van der Waals surface area contributed by atoms with Gasteiger partial charge in [0.1, 0.15) is 29.6 Å². The van der Waals surface area contributed by atoms with Crippen LogP contribution in [-0.4, -0.2) is 297 Å². The second-order valence-electron chi connectivity index (χ2n) is 14.2. The third kappa shape index (κ3) is 17.5. The standard InChI is InChI=1S/5C8H18NO5.Ta/c5*1-9(2)7(10,11-3)8(12-4,13-5)14-6;/h5*1-6H3;/q5*-1;+5. The van der Waals surface area contributed by atoms with Crippen LogP contribution >= 0.6 is 0 Å². The molecule has 71 heavy (non-hydrogen) atoms. The van der Waals surface area contributed by atoms with Crippen LogP contribution in [0.5, 0.6) is 0 Å². The third-order valence-corrected chi connectivity index (χ3v) is 10.3. The monoisotopic (exact) mass is 1220 g/mol. The SMILES string of the molecule is COC(OC)(OC)C([O-])(OC)N(C)C.COC(OC)(OC)C([O-])(OC)N(C)C.COC(OC)(OC)C([O-])(OC)N(C)C.COC(OC)(OC)C([O-])(OC)N(C)C.COC(OC)(OC)C([O-])(OC)N(C)C.[Ta+5]. The van der Waals surface area contributed by atoms with Crippen LogP contribution in [0.2, 0.25) is 0 Å². The molecule has 0 N–H and O–H groups in total. The Morgan fingerprint density at radius 2 is 0.254 bits per heavy atom. The van der Waals surface area contributed by atoms with Crippen molar-refractivity contribution in [2.45, 2.75) is 59.4 Å². The molecule has 0 aliphatic carbocycles. The summed E-state index contributed by atoms with van der Waals surface area (Å²) in [7, 11) is 41.4. The minimum atomic E-state index is -2.08. The van der Waals surface area contributed by atoms with Crippen LogP contribution in [0.3, 0.4) is 0 Å². The van der Waals surface area contributed by atoms with E-state index in [0.29, 0.717) is 0 Å². The van der Waals surface area contributed by atoms with Crippen molar-refractivity contribution in [3.63, 3.8) is 0 Å². The molecule has 0 aromatic heterocycles. The Kier molecular flexibility index (Phi) is 42.2. The maximum Gasteiger partial charge on any atom is 5.00 e. The van der Waals surface area contributed by atoms with E-state index in [2.05, 4.69) is 0 Å². The molecule has 5 unspecified atom stereocenters. The molecular formula is C40H90N5O25Ta. The maximum atomic E-state index is 12.2. The minimum Gasteiger partial charge on any atom is -0.810 e. The Morgan fingerprint density at radius 3 is 0.268 bits per heavy atom. The summed E-state index contributed by atoms with van der Waals surface area (Å²) in [6.45, 7) is 0. The Hall–Kier alpha value is -0.460. The molecule has 430 valence electrons. The fourth-order valence-electron chi connectivity index (χ4n) is 6.09. The van der Waals surface area contributed by atoms with Gasteiger partial charge in [-0.05, 0) is 70.5 Å². The molecule has 0 aromatic rings. The van der Waals surface area contributed by atoms with Crippen LogP contribution in [0.15, 0.2) is 0 Å². The molecule has 5 atom stereocenters. The number of ether oxygens (including phenoxy) is 20. The summed E-state index contributed by atoms with van der Waals surface area (Å²) >= 11 is 0. The smallest absolute Gasteiger partial charge is 0.810 e. The van der Waals surface area contributed by atoms with Crippen molar-refractivity contribution in [2.24, 2.45) is 0 Å². The quantitative estimate of drug-likeness (QED) is 0.0605. The first kappa shape index (κ1) is 81.9. The van der Waals surface area contributed by atoms with E-state index in [0.717, 1.165) is 0 Å². The molecule has 0 saturated carbocycles. The van der Waals surface area contributed by atoms with E-state index >= 15 is 0 Å². The molecule has 0 heterocycles. The summed E-state index contributed by atoms with van der Waals surface area (Å²) in [6.07, 6.45) is 0. The van der Waals surface area contributed by atoms with E-state index in [-0.39, 0.29) is 22.4 Å². The van der Waals surface area contributed by atoms with Crippen molar-refractivity contribution in [3.8, 4) is 0 Å². The fraction of sp³-hybridized carbons (Fsp3) is 1.00. The topological polar surface area (TPSA) is 316 Å². The summed E-state index contributed by atoms with van der Waals surface area (Å²) in [6, 6.07) is 0. The van der Waals surface area contributed by atoms with E-state index < -0.39 is 59.4 Å². The minimum absolute atomic E-state index is 0. The second-order valence-corrected chi connectivity index (χ2v) is 14.2. The number of nitrogens with zero attached hydrogens (tertiary/aromatic N) is 5. The van der Waals surface area contributed by atoms with Gasteiger partial charge in [0.15, 0.2) is 0 Å². The zero-order valence-corrected chi connectivity index (χ0v) is 51.1. The van der Waals surface area contributed by atoms with E-state index in [1.54, 1.807) is 70.5 Å². The van der Waals surface area contributed by atoms with Gasteiger partial charge >= 0.3 is 52.2 Å². The van der Waals surface area contributed by atoms with Gasteiger partial charge in [0.2, 0.25) is 0 Å². The summed E-state index contributed by atoms with van der Waals surface area (Å²) in [4.78, 5) is 6.34. The van der Waals surface area contributed by atoms with Crippen LogP contribution in [0.4, 0.5) is 0 Å². The first-order valence-corrected chi connectivity index (χ1v) is 20.1. The van der Waals surface area contributed by atoms with Gasteiger partial charge in [0.25, 0.3) is 0 Å². The normalized spacial score (nSPS) is 16.9. The largest absolute Gasteiger partial charge is 5.00 e. The number of hydrogen-bond donors (Lipinski definition) is 0. The zero-order valence-electron chi connectivity index (χ0n) is 47.9. The third-order valence-electron chi connectivity index (χ3n) is 10.3. The first-order valence-electron chi connectivity index (χ1n) is 20.1. The van der Waals surface area contributed by atoms with E-state index in [1.807, 2.05) is 0 Å². The molecule has 0 saturated heterocycles. The number of methoxy groups -OCH3 is 20. The van der Waals surface area contributed by atoms with Crippen LogP contribution < -0.4 is 25.5 Å². The molecule has 0 aliphatic rings. The number of likely N-dealkylation sites (N-methyl/N-ethyl adjacent to an activating group) is 5. The van der Waals surface area contributed by atoms with Gasteiger partial charge < -0.3 is 120 Å². The molecule has 0 spiro atoms. The fourth-order valence-corrected chi connectivity index (χ4v) is 6.09. The van der Waals surface area contributed by atoms with Crippen molar-refractivity contribution in [2.75, 3.05) is 213 Å². The maximum absolute atomic E-state index is 12.2. The van der Waals surface area contributed by atoms with Crippen molar-refractivity contribution in [1.82, 2.24) is 24.5 Å². The van der Waals surface area contributed by atoms with Gasteiger partial charge in [-0.25, -0.2) is 0 Å². The average molecular weight is 1220 g/mol. The molecule has 0 aliphatic heterocycles. The molecule has 0 amide bonds. The van der Waals surface area contributed by atoms with Crippen LogP contribution in [0.25, 0.3) is 0 Å². The van der Waals surface area contributed by atoms with E-state index in [4.69, 9.17) is 94.7 Å². The van der Waals surface area contributed by atoms with Gasteiger partial charge in [-0.3, -0.25) is 24.5 Å². The van der Waals surface area contributed by atoms with Crippen LogP contribution in [0.1, 0.15) is 0 Å². The predicted molar refractivity (Wildman–Crippen MR) is 236 cm³/mol. The molecule has 0 radical (unpaired) electrons. The molecule has 31 heteroatoms. The van der Waals surface area contributed by atoms with Gasteiger partial charge in [-0.15, -0.1) is 0 Å². The second kappa shape index (κ2) is 36.6. The van der Waals surface area contributed by atoms with Crippen LogP contribution in [0, 0.1) is 0 Å². The van der Waals surface area contributed by atoms with Gasteiger partial charge in [0, 0.05) is 142 Å². The summed E-state index contributed by atoms with van der Waals surface area (Å²) in [5, 5.41) is 61.1. The van der Waals surface area contributed by atoms with Crippen molar-refractivity contribution < 1.29 is 143 Å². The molecule has 0 bridgehead atoms. The van der Waals surface area contributed by atoms with Gasteiger partial charge in [-0.2, -0.15) is 0 Å². The molecule has 30 nitrogen and oxygen atoms in total. The molecule has 0 fully saturated rings.